The third-order valence-electron chi connectivity index (χ3n) is 3.56. The lowest BCUT2D eigenvalue weighted by atomic mass is 9.75. The van der Waals surface area contributed by atoms with Crippen LogP contribution in [0.25, 0.3) is 0 Å². The monoisotopic (exact) mass is 221 g/mol. The molecule has 2 aliphatic heterocycles. The molecule has 4 heteroatoms. The Morgan fingerprint density at radius 2 is 2.06 bits per heavy atom. The van der Waals surface area contributed by atoms with Gasteiger partial charge in [-0.05, 0) is 0 Å². The van der Waals surface area contributed by atoms with Gasteiger partial charge in [0.05, 0.1) is 6.20 Å². The van der Waals surface area contributed by atoms with Gasteiger partial charge in [0.1, 0.15) is 5.76 Å². The van der Waals surface area contributed by atoms with E-state index in [2.05, 4.69) is 36.0 Å². The van der Waals surface area contributed by atoms with Crippen molar-refractivity contribution in [1.82, 2.24) is 10.3 Å². The van der Waals surface area contributed by atoms with Crippen LogP contribution in [0.2, 0.25) is 0 Å². The summed E-state index contributed by atoms with van der Waals surface area (Å²) in [5.41, 5.74) is 0.572. The molecule has 1 N–H and O–H groups in total. The van der Waals surface area contributed by atoms with Crippen LogP contribution in [0.4, 0.5) is 6.01 Å². The van der Waals surface area contributed by atoms with Gasteiger partial charge in [0.15, 0.2) is 0 Å². The van der Waals surface area contributed by atoms with Gasteiger partial charge in [-0.25, -0.2) is 4.98 Å². The first-order chi connectivity index (χ1) is 7.49. The number of anilines is 1. The second-order valence-electron chi connectivity index (χ2n) is 6.22. The molecule has 0 saturated carbocycles. The molecule has 2 aliphatic rings. The van der Waals surface area contributed by atoms with Crippen LogP contribution in [-0.2, 0) is 5.41 Å². The Bertz CT molecular complexity index is 393. The predicted molar refractivity (Wildman–Crippen MR) is 62.7 cm³/mol. The van der Waals surface area contributed by atoms with Crippen molar-refractivity contribution in [2.75, 3.05) is 31.1 Å². The van der Waals surface area contributed by atoms with Crippen LogP contribution in [0, 0.1) is 5.41 Å². The van der Waals surface area contributed by atoms with Crippen molar-refractivity contribution in [2.24, 2.45) is 5.41 Å². The molecule has 0 aliphatic carbocycles. The van der Waals surface area contributed by atoms with Gasteiger partial charge in [-0.1, -0.05) is 20.8 Å². The molecule has 2 fully saturated rings. The molecule has 1 spiro atoms. The van der Waals surface area contributed by atoms with Gasteiger partial charge in [-0.15, -0.1) is 0 Å². The number of hydrogen-bond acceptors (Lipinski definition) is 4. The van der Waals surface area contributed by atoms with Crippen LogP contribution in [0.1, 0.15) is 26.5 Å². The smallest absolute Gasteiger partial charge is 0.297 e. The van der Waals surface area contributed by atoms with E-state index in [1.165, 1.54) is 0 Å². The molecular weight excluding hydrogens is 202 g/mol. The van der Waals surface area contributed by atoms with Crippen LogP contribution in [0.5, 0.6) is 0 Å². The molecule has 0 bridgehead atoms. The highest BCUT2D eigenvalue weighted by atomic mass is 16.4. The summed E-state index contributed by atoms with van der Waals surface area (Å²) in [4.78, 5) is 6.60. The highest BCUT2D eigenvalue weighted by molar-refractivity contribution is 5.36. The largest absolute Gasteiger partial charge is 0.428 e. The number of rotatable bonds is 1. The molecule has 2 saturated heterocycles. The van der Waals surface area contributed by atoms with E-state index in [1.807, 2.05) is 6.20 Å². The van der Waals surface area contributed by atoms with Gasteiger partial charge >= 0.3 is 0 Å². The van der Waals surface area contributed by atoms with Gasteiger partial charge in [0.2, 0.25) is 0 Å². The van der Waals surface area contributed by atoms with Crippen molar-refractivity contribution >= 4 is 6.01 Å². The van der Waals surface area contributed by atoms with Crippen LogP contribution in [0.3, 0.4) is 0 Å². The Labute approximate surface area is 96.0 Å². The van der Waals surface area contributed by atoms with Crippen molar-refractivity contribution in [3.05, 3.63) is 12.0 Å². The summed E-state index contributed by atoms with van der Waals surface area (Å²) in [5, 5.41) is 3.33. The molecular formula is C12H19N3O. The average molecular weight is 221 g/mol. The summed E-state index contributed by atoms with van der Waals surface area (Å²) in [6, 6.07) is 0.794. The number of nitrogens with zero attached hydrogens (tertiary/aromatic N) is 2. The lowest BCUT2D eigenvalue weighted by molar-refractivity contribution is 0.115. The predicted octanol–water partition coefficient (Wildman–Crippen LogP) is 1.38. The minimum absolute atomic E-state index is 0.0474. The lowest BCUT2D eigenvalue weighted by Gasteiger charge is -2.55. The fraction of sp³-hybridized carbons (Fsp3) is 0.750. The third-order valence-corrected chi connectivity index (χ3v) is 3.56. The minimum atomic E-state index is 0.0474. The number of oxazole rings is 1. The van der Waals surface area contributed by atoms with Crippen molar-refractivity contribution < 1.29 is 4.42 Å². The van der Waals surface area contributed by atoms with E-state index in [-0.39, 0.29) is 5.41 Å². The Morgan fingerprint density at radius 3 is 2.50 bits per heavy atom. The number of nitrogens with one attached hydrogen (secondary N) is 1. The zero-order valence-corrected chi connectivity index (χ0v) is 10.2. The number of aromatic nitrogens is 1. The maximum absolute atomic E-state index is 5.81. The molecule has 3 heterocycles. The molecule has 0 atom stereocenters. The standard InChI is InChI=1S/C12H19N3O/c1-11(2,3)9-4-14-10(16-9)15-7-12(8-15)5-13-6-12/h4,13H,5-8H2,1-3H3. The van der Waals surface area contributed by atoms with E-state index in [0.29, 0.717) is 5.41 Å². The van der Waals surface area contributed by atoms with Crippen LogP contribution >= 0.6 is 0 Å². The third kappa shape index (κ3) is 1.44. The molecule has 0 aromatic carbocycles. The summed E-state index contributed by atoms with van der Waals surface area (Å²) < 4.78 is 5.81. The van der Waals surface area contributed by atoms with Gasteiger partial charge < -0.3 is 14.6 Å². The molecule has 16 heavy (non-hydrogen) atoms. The van der Waals surface area contributed by atoms with Gasteiger partial charge in [0.25, 0.3) is 6.01 Å². The molecule has 0 unspecified atom stereocenters. The summed E-state index contributed by atoms with van der Waals surface area (Å²) >= 11 is 0. The second-order valence-corrected chi connectivity index (χ2v) is 6.22. The molecule has 0 amide bonds. The SMILES string of the molecule is CC(C)(C)c1cnc(N2CC3(CNC3)C2)o1. The van der Waals surface area contributed by atoms with Crippen molar-refractivity contribution in [3.63, 3.8) is 0 Å². The van der Waals surface area contributed by atoms with Gasteiger partial charge in [-0.3, -0.25) is 0 Å². The highest BCUT2D eigenvalue weighted by Gasteiger charge is 2.49. The molecule has 3 rings (SSSR count). The first-order valence-corrected chi connectivity index (χ1v) is 5.91. The van der Waals surface area contributed by atoms with Crippen LogP contribution in [0.15, 0.2) is 10.6 Å². The topological polar surface area (TPSA) is 41.3 Å². The summed E-state index contributed by atoms with van der Waals surface area (Å²) in [5.74, 6) is 0.968. The van der Waals surface area contributed by atoms with Crippen molar-refractivity contribution in [1.29, 1.82) is 0 Å². The quantitative estimate of drug-likeness (QED) is 0.778. The maximum Gasteiger partial charge on any atom is 0.297 e. The van der Waals surface area contributed by atoms with Crippen molar-refractivity contribution in [2.45, 2.75) is 26.2 Å². The maximum atomic E-state index is 5.81. The molecule has 0 radical (unpaired) electrons. The summed E-state index contributed by atoms with van der Waals surface area (Å²) in [7, 11) is 0. The van der Waals surface area contributed by atoms with E-state index in [9.17, 15) is 0 Å². The summed E-state index contributed by atoms with van der Waals surface area (Å²) in [6.07, 6.45) is 1.86. The summed E-state index contributed by atoms with van der Waals surface area (Å²) in [6.45, 7) is 10.9. The first kappa shape index (κ1) is 10.1. The van der Waals surface area contributed by atoms with E-state index < -0.39 is 0 Å². The second kappa shape index (κ2) is 3.00. The lowest BCUT2D eigenvalue weighted by Crippen LogP contribution is -2.71. The molecule has 4 nitrogen and oxygen atoms in total. The minimum Gasteiger partial charge on any atom is -0.428 e. The molecule has 88 valence electrons. The van der Waals surface area contributed by atoms with Crippen molar-refractivity contribution in [3.8, 4) is 0 Å². The fourth-order valence-electron chi connectivity index (χ4n) is 2.36. The Morgan fingerprint density at radius 1 is 1.38 bits per heavy atom. The highest BCUT2D eigenvalue weighted by Crippen LogP contribution is 2.37. The Kier molecular flexibility index (Phi) is 1.90. The van der Waals surface area contributed by atoms with E-state index in [1.54, 1.807) is 0 Å². The zero-order chi connectivity index (χ0) is 11.4. The van der Waals surface area contributed by atoms with E-state index in [4.69, 9.17) is 4.42 Å². The zero-order valence-electron chi connectivity index (χ0n) is 10.2. The Balaban J connectivity index is 1.70. The normalized spacial score (nSPS) is 23.1. The Hall–Kier alpha value is -1.03. The fourth-order valence-corrected chi connectivity index (χ4v) is 2.36. The number of hydrogen-bond donors (Lipinski definition) is 1. The van der Waals surface area contributed by atoms with Gasteiger partial charge in [0, 0.05) is 37.0 Å². The van der Waals surface area contributed by atoms with Gasteiger partial charge in [-0.2, -0.15) is 0 Å². The van der Waals surface area contributed by atoms with Crippen LogP contribution in [-0.4, -0.2) is 31.2 Å². The first-order valence-electron chi connectivity index (χ1n) is 5.91. The average Bonchev–Trinajstić information content (AvgIpc) is 2.45. The van der Waals surface area contributed by atoms with Crippen LogP contribution < -0.4 is 10.2 Å². The van der Waals surface area contributed by atoms with E-state index in [0.717, 1.165) is 38.0 Å². The van der Waals surface area contributed by atoms with E-state index >= 15 is 0 Å². The molecule has 1 aromatic heterocycles. The molecule has 1 aromatic rings.